The van der Waals surface area contributed by atoms with Crippen molar-refractivity contribution in [2.45, 2.75) is 33.3 Å². The van der Waals surface area contributed by atoms with E-state index in [0.717, 1.165) is 18.7 Å². The Labute approximate surface area is 56.6 Å². The molecule has 0 saturated carbocycles. The lowest BCUT2D eigenvalue weighted by Crippen LogP contribution is -2.12. The van der Waals surface area contributed by atoms with Crippen LogP contribution in [0, 0.1) is 0 Å². The van der Waals surface area contributed by atoms with Crippen LogP contribution in [0.4, 0.5) is 0 Å². The summed E-state index contributed by atoms with van der Waals surface area (Å²) in [5.74, 6) is 0. The monoisotopic (exact) mass is 129 g/mol. The van der Waals surface area contributed by atoms with Crippen molar-refractivity contribution in [3.8, 4) is 0 Å². The topological polar surface area (TPSA) is 32.6 Å². The summed E-state index contributed by atoms with van der Waals surface area (Å²) < 4.78 is 0. The van der Waals surface area contributed by atoms with Crippen LogP contribution in [-0.4, -0.2) is 23.5 Å². The van der Waals surface area contributed by atoms with Gasteiger partial charge in [0.1, 0.15) is 0 Å². The van der Waals surface area contributed by atoms with Crippen molar-refractivity contribution in [1.29, 1.82) is 0 Å². The normalized spacial score (nSPS) is 15.8. The zero-order valence-electron chi connectivity index (χ0n) is 6.39. The molecular weight excluding hydrogens is 114 g/mol. The van der Waals surface area contributed by atoms with Crippen molar-refractivity contribution >= 4 is 5.71 Å². The molecular formula is C7H15NO. The first kappa shape index (κ1) is 8.63. The van der Waals surface area contributed by atoms with Crippen LogP contribution in [0.2, 0.25) is 0 Å². The van der Waals surface area contributed by atoms with Crippen LogP contribution in [0.15, 0.2) is 4.99 Å². The third-order valence-corrected chi connectivity index (χ3v) is 1.19. The van der Waals surface area contributed by atoms with E-state index in [4.69, 9.17) is 5.11 Å². The molecule has 9 heavy (non-hydrogen) atoms. The van der Waals surface area contributed by atoms with Gasteiger partial charge in [-0.25, -0.2) is 0 Å². The van der Waals surface area contributed by atoms with Crippen molar-refractivity contribution in [3.63, 3.8) is 0 Å². The molecule has 1 unspecified atom stereocenters. The lowest BCUT2D eigenvalue weighted by atomic mass is 10.3. The van der Waals surface area contributed by atoms with Gasteiger partial charge in [0, 0.05) is 12.3 Å². The summed E-state index contributed by atoms with van der Waals surface area (Å²) in [4.78, 5) is 4.11. The Kier molecular flexibility index (Phi) is 4.32. The molecule has 2 heteroatoms. The highest BCUT2D eigenvalue weighted by atomic mass is 16.3. The molecule has 0 fully saturated rings. The van der Waals surface area contributed by atoms with Crippen LogP contribution in [0.5, 0.6) is 0 Å². The largest absolute Gasteiger partial charge is 0.387 e. The van der Waals surface area contributed by atoms with E-state index < -0.39 is 0 Å². The zero-order valence-corrected chi connectivity index (χ0v) is 6.39. The molecule has 0 aromatic heterocycles. The average Bonchev–Trinajstić information content (AvgIpc) is 1.82. The summed E-state index contributed by atoms with van der Waals surface area (Å²) in [6.45, 7) is 6.48. The molecule has 0 aliphatic heterocycles. The molecule has 0 radical (unpaired) electrons. The predicted molar refractivity (Wildman–Crippen MR) is 39.9 cm³/mol. The van der Waals surface area contributed by atoms with Gasteiger partial charge in [-0.1, -0.05) is 6.92 Å². The molecule has 0 rings (SSSR count). The maximum Gasteiger partial charge on any atom is 0.0885 e. The van der Waals surface area contributed by atoms with Gasteiger partial charge in [0.05, 0.1) is 6.10 Å². The minimum atomic E-state index is -0.378. The number of aliphatic imine (C=N–C) groups is 1. The van der Waals surface area contributed by atoms with Gasteiger partial charge >= 0.3 is 0 Å². The maximum atomic E-state index is 8.92. The third-order valence-electron chi connectivity index (χ3n) is 1.19. The SMILES string of the molecule is CCCN=C(C)C(C)O. The lowest BCUT2D eigenvalue weighted by molar-refractivity contribution is 0.261. The van der Waals surface area contributed by atoms with Crippen LogP contribution in [-0.2, 0) is 0 Å². The fraction of sp³-hybridized carbons (Fsp3) is 0.857. The van der Waals surface area contributed by atoms with E-state index in [1.165, 1.54) is 0 Å². The van der Waals surface area contributed by atoms with Crippen molar-refractivity contribution in [1.82, 2.24) is 0 Å². The summed E-state index contributed by atoms with van der Waals surface area (Å²) in [7, 11) is 0. The van der Waals surface area contributed by atoms with Gasteiger partial charge in [0.15, 0.2) is 0 Å². The summed E-state index contributed by atoms with van der Waals surface area (Å²) in [6, 6.07) is 0. The Morgan fingerprint density at radius 3 is 2.56 bits per heavy atom. The molecule has 0 aromatic carbocycles. The molecule has 0 aromatic rings. The van der Waals surface area contributed by atoms with E-state index in [1.54, 1.807) is 6.92 Å². The number of hydrogen-bond acceptors (Lipinski definition) is 2. The van der Waals surface area contributed by atoms with Crippen molar-refractivity contribution in [3.05, 3.63) is 0 Å². The third kappa shape index (κ3) is 4.15. The maximum absolute atomic E-state index is 8.92. The Balaban J connectivity index is 3.55. The Bertz CT molecular complexity index is 97.1. The van der Waals surface area contributed by atoms with E-state index in [9.17, 15) is 0 Å². The van der Waals surface area contributed by atoms with E-state index in [1.807, 2.05) is 6.92 Å². The van der Waals surface area contributed by atoms with E-state index in [-0.39, 0.29) is 6.10 Å². The molecule has 0 bridgehead atoms. The number of nitrogens with zero attached hydrogens (tertiary/aromatic N) is 1. The van der Waals surface area contributed by atoms with Gasteiger partial charge in [0.2, 0.25) is 0 Å². The van der Waals surface area contributed by atoms with Crippen LogP contribution in [0.25, 0.3) is 0 Å². The number of aliphatic hydroxyl groups is 1. The second-order valence-corrected chi connectivity index (χ2v) is 2.20. The predicted octanol–water partition coefficient (Wildman–Crippen LogP) is 1.24. The Hall–Kier alpha value is -0.370. The zero-order chi connectivity index (χ0) is 7.28. The molecule has 54 valence electrons. The molecule has 0 saturated heterocycles. The van der Waals surface area contributed by atoms with Crippen LogP contribution >= 0.6 is 0 Å². The first-order valence-electron chi connectivity index (χ1n) is 3.37. The minimum Gasteiger partial charge on any atom is -0.387 e. The second-order valence-electron chi connectivity index (χ2n) is 2.20. The van der Waals surface area contributed by atoms with Crippen LogP contribution < -0.4 is 0 Å². The first-order valence-corrected chi connectivity index (χ1v) is 3.37. The Morgan fingerprint density at radius 2 is 2.22 bits per heavy atom. The highest BCUT2D eigenvalue weighted by Crippen LogP contribution is 1.87. The van der Waals surface area contributed by atoms with E-state index >= 15 is 0 Å². The smallest absolute Gasteiger partial charge is 0.0885 e. The number of rotatable bonds is 3. The fourth-order valence-electron chi connectivity index (χ4n) is 0.420. The van der Waals surface area contributed by atoms with Gasteiger partial charge in [-0.2, -0.15) is 0 Å². The summed E-state index contributed by atoms with van der Waals surface area (Å²) in [5.41, 5.74) is 0.830. The van der Waals surface area contributed by atoms with E-state index in [2.05, 4.69) is 11.9 Å². The quantitative estimate of drug-likeness (QED) is 0.571. The van der Waals surface area contributed by atoms with Crippen molar-refractivity contribution < 1.29 is 5.11 Å². The summed E-state index contributed by atoms with van der Waals surface area (Å²) in [6.07, 6.45) is 0.667. The number of aliphatic hydroxyl groups excluding tert-OH is 1. The average molecular weight is 129 g/mol. The van der Waals surface area contributed by atoms with Crippen LogP contribution in [0.3, 0.4) is 0 Å². The van der Waals surface area contributed by atoms with Gasteiger partial charge in [-0.15, -0.1) is 0 Å². The van der Waals surface area contributed by atoms with Crippen molar-refractivity contribution in [2.75, 3.05) is 6.54 Å². The molecule has 1 atom stereocenters. The van der Waals surface area contributed by atoms with Gasteiger partial charge in [-0.3, -0.25) is 4.99 Å². The second kappa shape index (κ2) is 4.50. The molecule has 0 amide bonds. The molecule has 0 heterocycles. The lowest BCUT2D eigenvalue weighted by Gasteiger charge is -2.01. The van der Waals surface area contributed by atoms with Gasteiger partial charge < -0.3 is 5.11 Å². The Morgan fingerprint density at radius 1 is 1.67 bits per heavy atom. The van der Waals surface area contributed by atoms with Crippen LogP contribution in [0.1, 0.15) is 27.2 Å². The minimum absolute atomic E-state index is 0.378. The van der Waals surface area contributed by atoms with Gasteiger partial charge in [-0.05, 0) is 20.3 Å². The van der Waals surface area contributed by atoms with Crippen molar-refractivity contribution in [2.24, 2.45) is 4.99 Å². The molecule has 0 aliphatic rings. The summed E-state index contributed by atoms with van der Waals surface area (Å²) in [5, 5.41) is 8.92. The molecule has 2 nitrogen and oxygen atoms in total. The fourth-order valence-corrected chi connectivity index (χ4v) is 0.420. The standard InChI is InChI=1S/C7H15NO/c1-4-5-8-6(2)7(3)9/h7,9H,4-5H2,1-3H3. The molecule has 0 aliphatic carbocycles. The number of hydrogen-bond donors (Lipinski definition) is 1. The highest BCUT2D eigenvalue weighted by molar-refractivity contribution is 5.85. The first-order chi connectivity index (χ1) is 4.18. The summed E-state index contributed by atoms with van der Waals surface area (Å²) >= 11 is 0. The molecule has 1 N–H and O–H groups in total. The highest BCUT2D eigenvalue weighted by Gasteiger charge is 1.96. The van der Waals surface area contributed by atoms with Gasteiger partial charge in [0.25, 0.3) is 0 Å². The van der Waals surface area contributed by atoms with E-state index in [0.29, 0.717) is 0 Å². The molecule has 0 spiro atoms.